The first-order valence-corrected chi connectivity index (χ1v) is 7.89. The maximum absolute atomic E-state index is 5.50. The highest BCUT2D eigenvalue weighted by Gasteiger charge is 2.24. The van der Waals surface area contributed by atoms with Crippen LogP contribution in [0.1, 0.15) is 26.6 Å². The standard InChI is InChI=1S/C13H23N5OS/c1-4-19-8-12-15-11(17-14)5-13(16-12)18-6-9(2)20-10(3)7-18/h5,9-10H,4,6-8,14H2,1-3H3,(H,15,16,17). The molecule has 1 aromatic rings. The zero-order chi connectivity index (χ0) is 14.5. The molecule has 0 spiro atoms. The van der Waals surface area contributed by atoms with Crippen molar-refractivity contribution in [2.45, 2.75) is 37.9 Å². The third-order valence-corrected chi connectivity index (χ3v) is 4.31. The maximum atomic E-state index is 5.50. The van der Waals surface area contributed by atoms with Crippen molar-refractivity contribution in [2.75, 3.05) is 30.0 Å². The Kier molecular flexibility index (Phi) is 5.45. The molecule has 1 fully saturated rings. The summed E-state index contributed by atoms with van der Waals surface area (Å²) in [7, 11) is 0. The minimum Gasteiger partial charge on any atom is -0.374 e. The van der Waals surface area contributed by atoms with Gasteiger partial charge in [0.2, 0.25) is 0 Å². The van der Waals surface area contributed by atoms with Crippen molar-refractivity contribution < 1.29 is 4.74 Å². The highest BCUT2D eigenvalue weighted by molar-refractivity contribution is 8.00. The minimum absolute atomic E-state index is 0.409. The molecule has 2 rings (SSSR count). The van der Waals surface area contributed by atoms with Gasteiger partial charge in [0.05, 0.1) is 0 Å². The van der Waals surface area contributed by atoms with Crippen LogP contribution in [0.4, 0.5) is 11.6 Å². The Balaban J connectivity index is 2.20. The molecule has 0 bridgehead atoms. The molecule has 0 aliphatic carbocycles. The molecular weight excluding hydrogens is 274 g/mol. The summed E-state index contributed by atoms with van der Waals surface area (Å²) >= 11 is 2.02. The number of hydrazine groups is 1. The summed E-state index contributed by atoms with van der Waals surface area (Å²) in [5.41, 5.74) is 2.61. The van der Waals surface area contributed by atoms with Crippen LogP contribution in [-0.4, -0.2) is 40.2 Å². The SMILES string of the molecule is CCOCc1nc(NN)cc(N2CC(C)SC(C)C2)n1. The molecule has 3 N–H and O–H groups in total. The van der Waals surface area contributed by atoms with Crippen LogP contribution >= 0.6 is 11.8 Å². The first-order valence-electron chi connectivity index (χ1n) is 6.95. The van der Waals surface area contributed by atoms with Crippen molar-refractivity contribution in [3.8, 4) is 0 Å². The number of aromatic nitrogens is 2. The van der Waals surface area contributed by atoms with Gasteiger partial charge in [-0.15, -0.1) is 0 Å². The summed E-state index contributed by atoms with van der Waals surface area (Å²) in [5.74, 6) is 7.71. The molecule has 112 valence electrons. The van der Waals surface area contributed by atoms with E-state index in [-0.39, 0.29) is 0 Å². The second-order valence-electron chi connectivity index (χ2n) is 4.97. The van der Waals surface area contributed by atoms with Crippen LogP contribution < -0.4 is 16.2 Å². The van der Waals surface area contributed by atoms with Gasteiger partial charge in [-0.2, -0.15) is 11.8 Å². The number of hydrogen-bond acceptors (Lipinski definition) is 7. The van der Waals surface area contributed by atoms with Gasteiger partial charge < -0.3 is 15.1 Å². The van der Waals surface area contributed by atoms with Crippen LogP contribution in [0.3, 0.4) is 0 Å². The predicted molar refractivity (Wildman–Crippen MR) is 83.9 cm³/mol. The Morgan fingerprint density at radius 1 is 1.40 bits per heavy atom. The van der Waals surface area contributed by atoms with Gasteiger partial charge in [0, 0.05) is 36.3 Å². The van der Waals surface area contributed by atoms with E-state index in [9.17, 15) is 0 Å². The normalized spacial score (nSPS) is 22.9. The molecule has 0 radical (unpaired) electrons. The molecule has 2 unspecified atom stereocenters. The fourth-order valence-corrected chi connectivity index (χ4v) is 3.67. The number of nitrogens with one attached hydrogen (secondary N) is 1. The lowest BCUT2D eigenvalue weighted by molar-refractivity contribution is 0.128. The number of ether oxygens (including phenoxy) is 1. The average molecular weight is 297 g/mol. The first-order chi connectivity index (χ1) is 9.62. The first kappa shape index (κ1) is 15.3. The van der Waals surface area contributed by atoms with Crippen LogP contribution in [0.5, 0.6) is 0 Å². The second kappa shape index (κ2) is 7.10. The Labute approximate surface area is 124 Å². The number of anilines is 2. The zero-order valence-corrected chi connectivity index (χ0v) is 13.1. The van der Waals surface area contributed by atoms with Crippen LogP contribution in [0, 0.1) is 0 Å². The van der Waals surface area contributed by atoms with Crippen molar-refractivity contribution in [2.24, 2.45) is 5.84 Å². The highest BCUT2D eigenvalue weighted by atomic mass is 32.2. The molecule has 7 heteroatoms. The van der Waals surface area contributed by atoms with Gasteiger partial charge >= 0.3 is 0 Å². The van der Waals surface area contributed by atoms with Crippen LogP contribution in [-0.2, 0) is 11.3 Å². The molecule has 2 atom stereocenters. The molecule has 6 nitrogen and oxygen atoms in total. The topological polar surface area (TPSA) is 76.3 Å². The summed E-state index contributed by atoms with van der Waals surface area (Å²) in [6, 6.07) is 1.89. The number of nitrogens with two attached hydrogens (primary N) is 1. The number of hydrogen-bond donors (Lipinski definition) is 2. The van der Waals surface area contributed by atoms with E-state index < -0.39 is 0 Å². The maximum Gasteiger partial charge on any atom is 0.158 e. The van der Waals surface area contributed by atoms with Crippen LogP contribution in [0.25, 0.3) is 0 Å². The molecule has 20 heavy (non-hydrogen) atoms. The Bertz CT molecular complexity index is 435. The van der Waals surface area contributed by atoms with E-state index in [4.69, 9.17) is 10.6 Å². The molecule has 1 saturated heterocycles. The highest BCUT2D eigenvalue weighted by Crippen LogP contribution is 2.28. The Morgan fingerprint density at radius 2 is 2.10 bits per heavy atom. The molecular formula is C13H23N5OS. The summed E-state index contributed by atoms with van der Waals surface area (Å²) in [4.78, 5) is 11.2. The van der Waals surface area contributed by atoms with Gasteiger partial charge in [-0.3, -0.25) is 0 Å². The van der Waals surface area contributed by atoms with E-state index in [1.165, 1.54) is 0 Å². The molecule has 2 heterocycles. The fourth-order valence-electron chi connectivity index (χ4n) is 2.34. The summed E-state index contributed by atoms with van der Waals surface area (Å²) in [6.07, 6.45) is 0. The van der Waals surface area contributed by atoms with Gasteiger partial charge in [0.1, 0.15) is 18.2 Å². The van der Waals surface area contributed by atoms with Gasteiger partial charge in [-0.05, 0) is 6.92 Å². The van der Waals surface area contributed by atoms with Crippen LogP contribution in [0.2, 0.25) is 0 Å². The van der Waals surface area contributed by atoms with E-state index in [0.717, 1.165) is 18.9 Å². The number of nitrogens with zero attached hydrogens (tertiary/aromatic N) is 3. The fraction of sp³-hybridized carbons (Fsp3) is 0.692. The lowest BCUT2D eigenvalue weighted by Crippen LogP contribution is -2.41. The smallest absolute Gasteiger partial charge is 0.158 e. The van der Waals surface area contributed by atoms with Gasteiger partial charge in [-0.25, -0.2) is 15.8 Å². The van der Waals surface area contributed by atoms with E-state index in [1.54, 1.807) is 0 Å². The number of thioether (sulfide) groups is 1. The third-order valence-electron chi connectivity index (χ3n) is 3.09. The molecule has 1 aromatic heterocycles. The van der Waals surface area contributed by atoms with Gasteiger partial charge in [0.15, 0.2) is 5.82 Å². The quantitative estimate of drug-likeness (QED) is 0.632. The van der Waals surface area contributed by atoms with Crippen molar-refractivity contribution in [1.82, 2.24) is 9.97 Å². The van der Waals surface area contributed by atoms with E-state index in [0.29, 0.717) is 35.4 Å². The van der Waals surface area contributed by atoms with Gasteiger partial charge in [0.25, 0.3) is 0 Å². The van der Waals surface area contributed by atoms with Gasteiger partial charge in [-0.1, -0.05) is 13.8 Å². The van der Waals surface area contributed by atoms with Crippen molar-refractivity contribution >= 4 is 23.4 Å². The zero-order valence-electron chi connectivity index (χ0n) is 12.3. The summed E-state index contributed by atoms with van der Waals surface area (Å²) in [5, 5.41) is 1.19. The van der Waals surface area contributed by atoms with Crippen LogP contribution in [0.15, 0.2) is 6.07 Å². The Hall–Kier alpha value is -1.05. The Morgan fingerprint density at radius 3 is 2.70 bits per heavy atom. The largest absolute Gasteiger partial charge is 0.374 e. The predicted octanol–water partition coefficient (Wildman–Crippen LogP) is 1.63. The lowest BCUT2D eigenvalue weighted by Gasteiger charge is -2.35. The van der Waals surface area contributed by atoms with Crippen molar-refractivity contribution in [3.63, 3.8) is 0 Å². The summed E-state index contributed by atoms with van der Waals surface area (Å²) < 4.78 is 5.39. The molecule has 0 aromatic carbocycles. The number of rotatable bonds is 5. The monoisotopic (exact) mass is 297 g/mol. The van der Waals surface area contributed by atoms with Crippen molar-refractivity contribution in [1.29, 1.82) is 0 Å². The third kappa shape index (κ3) is 3.97. The summed E-state index contributed by atoms with van der Waals surface area (Å²) in [6.45, 7) is 9.49. The van der Waals surface area contributed by atoms with E-state index in [1.807, 2.05) is 24.8 Å². The second-order valence-corrected chi connectivity index (χ2v) is 6.85. The lowest BCUT2D eigenvalue weighted by atomic mass is 10.3. The van der Waals surface area contributed by atoms with E-state index in [2.05, 4.69) is 34.1 Å². The molecule has 1 aliphatic rings. The van der Waals surface area contributed by atoms with Crippen molar-refractivity contribution in [3.05, 3.63) is 11.9 Å². The molecule has 1 aliphatic heterocycles. The van der Waals surface area contributed by atoms with E-state index >= 15 is 0 Å². The number of nitrogen functional groups attached to an aromatic ring is 1. The minimum atomic E-state index is 0.409. The average Bonchev–Trinajstić information content (AvgIpc) is 2.43. The molecule has 0 amide bonds. The molecule has 0 saturated carbocycles.